The normalized spacial score (nSPS) is 13.2. The van der Waals surface area contributed by atoms with Crippen molar-refractivity contribution in [3.05, 3.63) is 64.9 Å². The number of halogens is 1. The second kappa shape index (κ2) is 7.85. The number of anilines is 1. The Hall–Kier alpha value is -3.13. The molecule has 1 aromatic heterocycles. The fourth-order valence-electron chi connectivity index (χ4n) is 2.69. The lowest BCUT2D eigenvalue weighted by Gasteiger charge is -2.14. The molecule has 1 aliphatic rings. The topological polar surface area (TPSA) is 69.7 Å². The molecule has 4 rings (SSSR count). The molecule has 1 aliphatic heterocycles. The van der Waals surface area contributed by atoms with Crippen LogP contribution in [-0.4, -0.2) is 23.8 Å². The van der Waals surface area contributed by atoms with Gasteiger partial charge in [0.2, 0.25) is 6.79 Å². The van der Waals surface area contributed by atoms with Crippen LogP contribution in [0.25, 0.3) is 0 Å². The molecular weight excluding hydrogens is 383 g/mol. The molecule has 0 spiro atoms. The van der Waals surface area contributed by atoms with Crippen LogP contribution in [0.2, 0.25) is 0 Å². The quantitative estimate of drug-likeness (QED) is 0.677. The van der Waals surface area contributed by atoms with Crippen LogP contribution in [0.4, 0.5) is 9.52 Å². The third kappa shape index (κ3) is 4.07. The molecule has 28 heavy (non-hydrogen) atoms. The van der Waals surface area contributed by atoms with Gasteiger partial charge in [-0.1, -0.05) is 18.2 Å². The summed E-state index contributed by atoms with van der Waals surface area (Å²) in [6, 6.07) is 11.7. The summed E-state index contributed by atoms with van der Waals surface area (Å²) in [5.41, 5.74) is 0.587. The highest BCUT2D eigenvalue weighted by atomic mass is 32.1. The van der Waals surface area contributed by atoms with Crippen molar-refractivity contribution in [2.75, 3.05) is 12.1 Å². The van der Waals surface area contributed by atoms with Gasteiger partial charge in [-0.05, 0) is 30.7 Å². The minimum absolute atomic E-state index is 0.175. The standard InChI is InChI=1S/C20H17FN2O4S/c1-12(27-14-6-7-17-18(9-14)26-11-25-17)19(24)23-20-22-10-15(28-20)8-13-4-2-3-5-16(13)21/h2-7,9-10,12H,8,11H2,1H3,(H,22,23,24)/t12-/m0/s1. The van der Waals surface area contributed by atoms with E-state index in [4.69, 9.17) is 14.2 Å². The minimum Gasteiger partial charge on any atom is -0.481 e. The third-order valence-electron chi connectivity index (χ3n) is 4.13. The van der Waals surface area contributed by atoms with Crippen molar-refractivity contribution in [1.82, 2.24) is 4.98 Å². The first kappa shape index (κ1) is 18.2. The van der Waals surface area contributed by atoms with E-state index in [0.717, 1.165) is 4.88 Å². The number of amides is 1. The zero-order valence-electron chi connectivity index (χ0n) is 15.0. The van der Waals surface area contributed by atoms with Gasteiger partial charge in [-0.25, -0.2) is 9.37 Å². The van der Waals surface area contributed by atoms with Gasteiger partial charge >= 0.3 is 0 Å². The summed E-state index contributed by atoms with van der Waals surface area (Å²) in [6.07, 6.45) is 1.32. The van der Waals surface area contributed by atoms with Crippen LogP contribution >= 0.6 is 11.3 Å². The van der Waals surface area contributed by atoms with Crippen LogP contribution in [0.15, 0.2) is 48.7 Å². The second-order valence-electron chi connectivity index (χ2n) is 6.16. The van der Waals surface area contributed by atoms with Crippen LogP contribution in [-0.2, 0) is 11.2 Å². The molecule has 1 atom stereocenters. The second-order valence-corrected chi connectivity index (χ2v) is 7.28. The molecule has 0 radical (unpaired) electrons. The van der Waals surface area contributed by atoms with E-state index >= 15 is 0 Å². The number of hydrogen-bond donors (Lipinski definition) is 1. The van der Waals surface area contributed by atoms with Crippen LogP contribution in [0.3, 0.4) is 0 Å². The maximum atomic E-state index is 13.8. The first-order valence-corrected chi connectivity index (χ1v) is 9.45. The highest BCUT2D eigenvalue weighted by molar-refractivity contribution is 7.15. The molecule has 8 heteroatoms. The first-order chi connectivity index (χ1) is 13.6. The lowest BCUT2D eigenvalue weighted by Crippen LogP contribution is -2.30. The number of aromatic nitrogens is 1. The predicted octanol–water partition coefficient (Wildman–Crippen LogP) is 4.01. The summed E-state index contributed by atoms with van der Waals surface area (Å²) >= 11 is 1.30. The lowest BCUT2D eigenvalue weighted by atomic mass is 10.1. The molecule has 0 unspecified atom stereocenters. The van der Waals surface area contributed by atoms with Gasteiger partial charge in [-0.15, -0.1) is 11.3 Å². The van der Waals surface area contributed by atoms with E-state index in [1.807, 2.05) is 0 Å². The van der Waals surface area contributed by atoms with Crippen LogP contribution in [0.5, 0.6) is 17.2 Å². The Bertz CT molecular complexity index is 1010. The Morgan fingerprint density at radius 2 is 2.11 bits per heavy atom. The number of ether oxygens (including phenoxy) is 3. The number of carbonyl (C=O) groups excluding carboxylic acids is 1. The van der Waals surface area contributed by atoms with E-state index in [2.05, 4.69) is 10.3 Å². The molecule has 1 N–H and O–H groups in total. The van der Waals surface area contributed by atoms with E-state index in [0.29, 0.717) is 34.4 Å². The number of nitrogens with one attached hydrogen (secondary N) is 1. The zero-order valence-corrected chi connectivity index (χ0v) is 15.8. The Balaban J connectivity index is 1.35. The van der Waals surface area contributed by atoms with Crippen molar-refractivity contribution < 1.29 is 23.4 Å². The summed E-state index contributed by atoms with van der Waals surface area (Å²) in [6.45, 7) is 1.82. The smallest absolute Gasteiger partial charge is 0.266 e. The summed E-state index contributed by atoms with van der Waals surface area (Å²) < 4.78 is 30.0. The Morgan fingerprint density at radius 1 is 1.29 bits per heavy atom. The first-order valence-electron chi connectivity index (χ1n) is 8.64. The predicted molar refractivity (Wildman–Crippen MR) is 103 cm³/mol. The van der Waals surface area contributed by atoms with E-state index < -0.39 is 6.10 Å². The molecule has 0 fully saturated rings. The molecule has 1 amide bonds. The average molecular weight is 400 g/mol. The molecule has 0 saturated heterocycles. The SMILES string of the molecule is C[C@H](Oc1ccc2c(c1)OCO2)C(=O)Nc1ncc(Cc2ccccc2F)s1. The molecule has 0 saturated carbocycles. The Labute approximate surface area is 164 Å². The van der Waals surface area contributed by atoms with Gasteiger partial charge < -0.3 is 14.2 Å². The van der Waals surface area contributed by atoms with Gasteiger partial charge in [0.05, 0.1) is 0 Å². The largest absolute Gasteiger partial charge is 0.481 e. The Kier molecular flexibility index (Phi) is 5.12. The van der Waals surface area contributed by atoms with Crippen LogP contribution < -0.4 is 19.5 Å². The van der Waals surface area contributed by atoms with Crippen molar-refractivity contribution >= 4 is 22.4 Å². The van der Waals surface area contributed by atoms with E-state index in [9.17, 15) is 9.18 Å². The monoisotopic (exact) mass is 400 g/mol. The average Bonchev–Trinajstić information content (AvgIpc) is 3.32. The lowest BCUT2D eigenvalue weighted by molar-refractivity contribution is -0.122. The highest BCUT2D eigenvalue weighted by Crippen LogP contribution is 2.35. The molecule has 0 aliphatic carbocycles. The molecule has 0 bridgehead atoms. The van der Waals surface area contributed by atoms with Crippen LogP contribution in [0, 0.1) is 5.82 Å². The molecule has 3 aromatic rings. The minimum atomic E-state index is -0.737. The summed E-state index contributed by atoms with van der Waals surface area (Å²) in [5.74, 6) is 1.15. The van der Waals surface area contributed by atoms with Gasteiger partial charge in [-0.2, -0.15) is 0 Å². The molecular formula is C20H17FN2O4S. The summed E-state index contributed by atoms with van der Waals surface area (Å²) in [5, 5.41) is 3.17. The number of thiazole rings is 1. The van der Waals surface area contributed by atoms with E-state index in [1.54, 1.807) is 49.5 Å². The zero-order chi connectivity index (χ0) is 19.5. The number of rotatable bonds is 6. The fraction of sp³-hybridized carbons (Fsp3) is 0.200. The van der Waals surface area contributed by atoms with Crippen molar-refractivity contribution in [3.63, 3.8) is 0 Å². The van der Waals surface area contributed by atoms with Gasteiger partial charge in [0.1, 0.15) is 11.6 Å². The van der Waals surface area contributed by atoms with Gasteiger partial charge in [0.25, 0.3) is 5.91 Å². The van der Waals surface area contributed by atoms with Gasteiger partial charge in [-0.3, -0.25) is 10.1 Å². The molecule has 144 valence electrons. The third-order valence-corrected chi connectivity index (χ3v) is 5.05. The highest BCUT2D eigenvalue weighted by Gasteiger charge is 2.19. The summed E-state index contributed by atoms with van der Waals surface area (Å²) in [7, 11) is 0. The summed E-state index contributed by atoms with van der Waals surface area (Å²) in [4.78, 5) is 17.4. The number of benzene rings is 2. The molecule has 6 nitrogen and oxygen atoms in total. The van der Waals surface area contributed by atoms with Crippen molar-refractivity contribution in [2.24, 2.45) is 0 Å². The van der Waals surface area contributed by atoms with E-state index in [1.165, 1.54) is 17.4 Å². The molecule has 2 aromatic carbocycles. The number of carbonyl (C=O) groups is 1. The van der Waals surface area contributed by atoms with Crippen molar-refractivity contribution in [3.8, 4) is 17.2 Å². The van der Waals surface area contributed by atoms with E-state index in [-0.39, 0.29) is 18.5 Å². The number of fused-ring (bicyclic) bond motifs is 1. The van der Waals surface area contributed by atoms with Gasteiger partial charge in [0.15, 0.2) is 22.7 Å². The number of hydrogen-bond acceptors (Lipinski definition) is 6. The van der Waals surface area contributed by atoms with Crippen molar-refractivity contribution in [2.45, 2.75) is 19.4 Å². The Morgan fingerprint density at radius 3 is 2.96 bits per heavy atom. The maximum Gasteiger partial charge on any atom is 0.266 e. The molecule has 2 heterocycles. The fourth-order valence-corrected chi connectivity index (χ4v) is 3.53. The maximum absolute atomic E-state index is 13.8. The van der Waals surface area contributed by atoms with Crippen molar-refractivity contribution in [1.29, 1.82) is 0 Å². The van der Waals surface area contributed by atoms with Gasteiger partial charge in [0, 0.05) is 23.6 Å². The van der Waals surface area contributed by atoms with Crippen LogP contribution in [0.1, 0.15) is 17.4 Å². The number of nitrogens with zero attached hydrogens (tertiary/aromatic N) is 1.